The predicted octanol–water partition coefficient (Wildman–Crippen LogP) is 1.81. The minimum absolute atomic E-state index is 0.0330. The monoisotopic (exact) mass is 416 g/mol. The Hall–Kier alpha value is -2.75. The normalized spacial score (nSPS) is 17.3. The third-order valence-electron chi connectivity index (χ3n) is 4.88. The number of esters is 1. The highest BCUT2D eigenvalue weighted by atomic mass is 32.2. The Bertz CT molecular complexity index is 1040. The third-order valence-corrected chi connectivity index (χ3v) is 6.79. The molecule has 0 atom stereocenters. The van der Waals surface area contributed by atoms with E-state index in [4.69, 9.17) is 9.47 Å². The summed E-state index contributed by atoms with van der Waals surface area (Å²) in [5.41, 5.74) is 1.87. The number of anilines is 1. The fourth-order valence-electron chi connectivity index (χ4n) is 3.29. The maximum Gasteiger partial charge on any atom is 0.343 e. The number of sulfonamides is 1. The van der Waals surface area contributed by atoms with Crippen molar-refractivity contribution < 1.29 is 27.5 Å². The van der Waals surface area contributed by atoms with Gasteiger partial charge in [0.15, 0.2) is 0 Å². The van der Waals surface area contributed by atoms with Crippen molar-refractivity contribution in [2.75, 3.05) is 31.6 Å². The lowest BCUT2D eigenvalue weighted by Crippen LogP contribution is -2.40. The lowest BCUT2D eigenvalue weighted by molar-refractivity contribution is -0.116. The molecule has 0 aliphatic carbocycles. The molecule has 1 amide bonds. The van der Waals surface area contributed by atoms with Crippen LogP contribution in [0.15, 0.2) is 47.4 Å². The summed E-state index contributed by atoms with van der Waals surface area (Å²) in [7, 11) is -3.61. The molecule has 0 spiro atoms. The standard InChI is InChI=1S/C20H20N2O6S/c23-19-8-3-15-13-16(4-7-18(15)21-19)28-20(24)14-1-5-17(6-2-14)29(25,26)22-9-11-27-12-10-22/h1-2,4-7,13H,3,8-12H2,(H,21,23). The van der Waals surface area contributed by atoms with Gasteiger partial charge in [0.25, 0.3) is 0 Å². The maximum atomic E-state index is 12.6. The van der Waals surface area contributed by atoms with Crippen LogP contribution in [0, 0.1) is 0 Å². The first-order valence-corrected chi connectivity index (χ1v) is 10.7. The number of fused-ring (bicyclic) bond motifs is 1. The number of nitrogens with zero attached hydrogens (tertiary/aromatic N) is 1. The zero-order chi connectivity index (χ0) is 20.4. The number of hydrogen-bond donors (Lipinski definition) is 1. The highest BCUT2D eigenvalue weighted by molar-refractivity contribution is 7.89. The van der Waals surface area contributed by atoms with Crippen LogP contribution in [-0.2, 0) is 26.0 Å². The Labute approximate surface area is 168 Å². The van der Waals surface area contributed by atoms with Crippen LogP contribution in [0.4, 0.5) is 5.69 Å². The molecule has 29 heavy (non-hydrogen) atoms. The van der Waals surface area contributed by atoms with Crippen molar-refractivity contribution in [1.29, 1.82) is 0 Å². The van der Waals surface area contributed by atoms with Gasteiger partial charge in [0, 0.05) is 25.2 Å². The van der Waals surface area contributed by atoms with Crippen molar-refractivity contribution in [2.24, 2.45) is 0 Å². The number of carbonyl (C=O) groups excluding carboxylic acids is 2. The smallest absolute Gasteiger partial charge is 0.343 e. The fourth-order valence-corrected chi connectivity index (χ4v) is 4.70. The van der Waals surface area contributed by atoms with E-state index in [2.05, 4.69) is 5.32 Å². The number of carbonyl (C=O) groups is 2. The number of morpholine rings is 1. The SMILES string of the molecule is O=C1CCc2cc(OC(=O)c3ccc(S(=O)(=O)N4CCOCC4)cc3)ccc2N1. The first-order chi connectivity index (χ1) is 13.9. The van der Waals surface area contributed by atoms with Crippen LogP contribution in [0.1, 0.15) is 22.3 Å². The van der Waals surface area contributed by atoms with Gasteiger partial charge < -0.3 is 14.8 Å². The summed E-state index contributed by atoms with van der Waals surface area (Å²) in [6.07, 6.45) is 0.976. The summed E-state index contributed by atoms with van der Waals surface area (Å²) in [6.45, 7) is 1.36. The minimum atomic E-state index is -3.61. The summed E-state index contributed by atoms with van der Waals surface area (Å²) in [5, 5.41) is 2.77. The molecule has 2 heterocycles. The summed E-state index contributed by atoms with van der Waals surface area (Å²) < 4.78 is 37.3. The Balaban J connectivity index is 1.46. The Kier molecular flexibility index (Phi) is 5.35. The molecule has 0 saturated carbocycles. The third kappa shape index (κ3) is 4.16. The van der Waals surface area contributed by atoms with Crippen molar-refractivity contribution >= 4 is 27.6 Å². The van der Waals surface area contributed by atoms with Crippen molar-refractivity contribution in [2.45, 2.75) is 17.7 Å². The van der Waals surface area contributed by atoms with Gasteiger partial charge in [0.05, 0.1) is 23.7 Å². The lowest BCUT2D eigenvalue weighted by atomic mass is 10.0. The van der Waals surface area contributed by atoms with Gasteiger partial charge in [-0.3, -0.25) is 4.79 Å². The average Bonchev–Trinajstić information content (AvgIpc) is 2.74. The molecule has 1 fully saturated rings. The Morgan fingerprint density at radius 1 is 1.03 bits per heavy atom. The second-order valence-electron chi connectivity index (χ2n) is 6.80. The molecule has 0 radical (unpaired) electrons. The second-order valence-corrected chi connectivity index (χ2v) is 8.74. The van der Waals surface area contributed by atoms with Gasteiger partial charge in [0.2, 0.25) is 15.9 Å². The quantitative estimate of drug-likeness (QED) is 0.603. The van der Waals surface area contributed by atoms with E-state index < -0.39 is 16.0 Å². The minimum Gasteiger partial charge on any atom is -0.423 e. The van der Waals surface area contributed by atoms with Crippen LogP contribution >= 0.6 is 0 Å². The highest BCUT2D eigenvalue weighted by Gasteiger charge is 2.26. The van der Waals surface area contributed by atoms with Gasteiger partial charge in [-0.15, -0.1) is 0 Å². The molecule has 1 saturated heterocycles. The van der Waals surface area contributed by atoms with Gasteiger partial charge in [0.1, 0.15) is 5.75 Å². The molecule has 152 valence electrons. The van der Waals surface area contributed by atoms with E-state index >= 15 is 0 Å². The molecular weight excluding hydrogens is 396 g/mol. The van der Waals surface area contributed by atoms with Crippen LogP contribution in [0.5, 0.6) is 5.75 Å². The molecule has 8 nitrogen and oxygen atoms in total. The van der Waals surface area contributed by atoms with E-state index in [9.17, 15) is 18.0 Å². The Morgan fingerprint density at radius 2 is 1.76 bits per heavy atom. The van der Waals surface area contributed by atoms with Crippen LogP contribution in [-0.4, -0.2) is 50.9 Å². The van der Waals surface area contributed by atoms with Gasteiger partial charge in [-0.2, -0.15) is 4.31 Å². The van der Waals surface area contributed by atoms with Gasteiger partial charge in [-0.1, -0.05) is 0 Å². The Morgan fingerprint density at radius 3 is 2.48 bits per heavy atom. The molecule has 0 bridgehead atoms. The predicted molar refractivity (Wildman–Crippen MR) is 104 cm³/mol. The summed E-state index contributed by atoms with van der Waals surface area (Å²) in [6, 6.07) is 10.7. The summed E-state index contributed by atoms with van der Waals surface area (Å²) >= 11 is 0. The first-order valence-electron chi connectivity index (χ1n) is 9.26. The number of amides is 1. The van der Waals surface area contributed by atoms with Crippen molar-refractivity contribution in [3.05, 3.63) is 53.6 Å². The van der Waals surface area contributed by atoms with Gasteiger partial charge >= 0.3 is 5.97 Å². The van der Waals surface area contributed by atoms with E-state index in [1.165, 1.54) is 28.6 Å². The lowest BCUT2D eigenvalue weighted by Gasteiger charge is -2.26. The van der Waals surface area contributed by atoms with E-state index in [-0.39, 0.29) is 16.4 Å². The number of ether oxygens (including phenoxy) is 2. The number of benzene rings is 2. The molecule has 1 N–H and O–H groups in total. The van der Waals surface area contributed by atoms with Crippen molar-refractivity contribution in [3.63, 3.8) is 0 Å². The molecule has 2 aliphatic heterocycles. The van der Waals surface area contributed by atoms with E-state index in [0.29, 0.717) is 44.9 Å². The molecule has 9 heteroatoms. The second kappa shape index (κ2) is 7.94. The molecule has 0 aromatic heterocycles. The number of rotatable bonds is 4. The van der Waals surface area contributed by atoms with E-state index in [0.717, 1.165) is 11.3 Å². The van der Waals surface area contributed by atoms with E-state index in [1.807, 2.05) is 0 Å². The maximum absolute atomic E-state index is 12.6. The average molecular weight is 416 g/mol. The van der Waals surface area contributed by atoms with E-state index in [1.54, 1.807) is 18.2 Å². The zero-order valence-electron chi connectivity index (χ0n) is 15.6. The van der Waals surface area contributed by atoms with Crippen molar-refractivity contribution in [1.82, 2.24) is 4.31 Å². The zero-order valence-corrected chi connectivity index (χ0v) is 16.4. The number of hydrogen-bond acceptors (Lipinski definition) is 6. The van der Waals surface area contributed by atoms with Crippen LogP contribution in [0.3, 0.4) is 0 Å². The summed E-state index contributed by atoms with van der Waals surface area (Å²) in [5.74, 6) is -0.246. The van der Waals surface area contributed by atoms with Crippen LogP contribution < -0.4 is 10.1 Å². The largest absolute Gasteiger partial charge is 0.423 e. The topological polar surface area (TPSA) is 102 Å². The fraction of sp³-hybridized carbons (Fsp3) is 0.300. The van der Waals surface area contributed by atoms with Crippen LogP contribution in [0.2, 0.25) is 0 Å². The molecule has 2 aromatic carbocycles. The molecule has 2 aromatic rings. The van der Waals surface area contributed by atoms with Gasteiger partial charge in [-0.25, -0.2) is 13.2 Å². The molecule has 4 rings (SSSR count). The van der Waals surface area contributed by atoms with Crippen LogP contribution in [0.25, 0.3) is 0 Å². The summed E-state index contributed by atoms with van der Waals surface area (Å²) in [4.78, 5) is 24.0. The molecular formula is C20H20N2O6S. The molecule has 2 aliphatic rings. The number of nitrogens with one attached hydrogen (secondary N) is 1. The molecule has 0 unspecified atom stereocenters. The first kappa shape index (κ1) is 19.6. The number of aryl methyl sites for hydroxylation is 1. The van der Waals surface area contributed by atoms with Gasteiger partial charge in [-0.05, 0) is 54.4 Å². The van der Waals surface area contributed by atoms with Crippen molar-refractivity contribution in [3.8, 4) is 5.75 Å². The highest BCUT2D eigenvalue weighted by Crippen LogP contribution is 2.27.